The van der Waals surface area contributed by atoms with Gasteiger partial charge < -0.3 is 16.2 Å². The van der Waals surface area contributed by atoms with Gasteiger partial charge in [-0.3, -0.25) is 9.59 Å². The normalized spacial score (nSPS) is 18.4. The van der Waals surface area contributed by atoms with Crippen molar-refractivity contribution in [1.29, 1.82) is 0 Å². The molecule has 1 atom stereocenters. The molecule has 1 fully saturated rings. The number of carboxylic acid groups (broad SMARTS) is 1. The molecule has 1 amide bonds. The summed E-state index contributed by atoms with van der Waals surface area (Å²) < 4.78 is 0. The van der Waals surface area contributed by atoms with E-state index in [9.17, 15) is 14.7 Å². The molecule has 1 aliphatic carbocycles. The molecule has 0 bridgehead atoms. The summed E-state index contributed by atoms with van der Waals surface area (Å²) in [5.41, 5.74) is 5.79. The first-order chi connectivity index (χ1) is 9.55. The van der Waals surface area contributed by atoms with Crippen molar-refractivity contribution in [1.82, 2.24) is 5.32 Å². The van der Waals surface area contributed by atoms with Crippen LogP contribution in [0.1, 0.15) is 37.3 Å². The van der Waals surface area contributed by atoms with Gasteiger partial charge in [0, 0.05) is 6.54 Å². The maximum absolute atomic E-state index is 12.0. The van der Waals surface area contributed by atoms with Gasteiger partial charge in [-0.25, -0.2) is 0 Å². The molecule has 1 aromatic rings. The van der Waals surface area contributed by atoms with Crippen molar-refractivity contribution in [2.45, 2.75) is 31.7 Å². The number of nitrogens with one attached hydrogen (secondary N) is 1. The molecule has 0 saturated heterocycles. The number of aliphatic carboxylic acids is 1. The molecule has 2 rings (SSSR count). The molecule has 0 radical (unpaired) electrons. The van der Waals surface area contributed by atoms with Crippen molar-refractivity contribution in [2.24, 2.45) is 11.1 Å². The molecule has 0 heterocycles. The third kappa shape index (κ3) is 2.99. The Morgan fingerprint density at radius 3 is 2.40 bits per heavy atom. The maximum atomic E-state index is 12.0. The number of benzene rings is 1. The summed E-state index contributed by atoms with van der Waals surface area (Å²) >= 11 is 0. The van der Waals surface area contributed by atoms with Gasteiger partial charge in [-0.05, 0) is 18.4 Å². The first kappa shape index (κ1) is 14.5. The Morgan fingerprint density at radius 2 is 1.85 bits per heavy atom. The quantitative estimate of drug-likeness (QED) is 0.759. The highest BCUT2D eigenvalue weighted by atomic mass is 16.4. The topological polar surface area (TPSA) is 92.4 Å². The van der Waals surface area contributed by atoms with E-state index in [1.54, 1.807) is 12.1 Å². The van der Waals surface area contributed by atoms with E-state index < -0.39 is 17.4 Å². The predicted octanol–water partition coefficient (Wildman–Crippen LogP) is 1.45. The second kappa shape index (κ2) is 6.05. The molecule has 20 heavy (non-hydrogen) atoms. The fraction of sp³-hybridized carbons (Fsp3) is 0.467. The lowest BCUT2D eigenvalue weighted by Crippen LogP contribution is -2.44. The fourth-order valence-corrected chi connectivity index (χ4v) is 2.70. The predicted molar refractivity (Wildman–Crippen MR) is 74.9 cm³/mol. The van der Waals surface area contributed by atoms with Gasteiger partial charge in [0.15, 0.2) is 0 Å². The first-order valence-corrected chi connectivity index (χ1v) is 6.87. The zero-order valence-electron chi connectivity index (χ0n) is 11.3. The van der Waals surface area contributed by atoms with Gasteiger partial charge in [0.1, 0.15) is 6.04 Å². The summed E-state index contributed by atoms with van der Waals surface area (Å²) in [6.07, 6.45) is 3.02. The second-order valence-corrected chi connectivity index (χ2v) is 5.40. The minimum absolute atomic E-state index is 0.154. The maximum Gasteiger partial charge on any atom is 0.311 e. The number of hydrogen-bond donors (Lipinski definition) is 3. The van der Waals surface area contributed by atoms with Crippen LogP contribution in [0.4, 0.5) is 0 Å². The van der Waals surface area contributed by atoms with Crippen LogP contribution in [-0.2, 0) is 9.59 Å². The lowest BCUT2D eigenvalue weighted by molar-refractivity contribution is -0.148. The monoisotopic (exact) mass is 276 g/mol. The number of nitrogens with two attached hydrogens (primary N) is 1. The largest absolute Gasteiger partial charge is 0.481 e. The Bertz CT molecular complexity index is 481. The average molecular weight is 276 g/mol. The van der Waals surface area contributed by atoms with Crippen LogP contribution in [0, 0.1) is 5.41 Å². The SMILES string of the molecule is N[C@@H](C(=O)NCC1(C(=O)O)CCCC1)c1ccccc1. The highest BCUT2D eigenvalue weighted by molar-refractivity contribution is 5.84. The van der Waals surface area contributed by atoms with Crippen molar-refractivity contribution in [3.8, 4) is 0 Å². The molecule has 1 aromatic carbocycles. The third-order valence-corrected chi connectivity index (χ3v) is 4.06. The molecule has 1 aliphatic rings. The number of carbonyl (C=O) groups is 2. The van der Waals surface area contributed by atoms with Gasteiger partial charge in [-0.1, -0.05) is 43.2 Å². The molecule has 5 nitrogen and oxygen atoms in total. The van der Waals surface area contributed by atoms with Crippen molar-refractivity contribution in [2.75, 3.05) is 6.54 Å². The molecule has 0 spiro atoms. The van der Waals surface area contributed by atoms with E-state index in [0.29, 0.717) is 12.8 Å². The lowest BCUT2D eigenvalue weighted by Gasteiger charge is -2.25. The summed E-state index contributed by atoms with van der Waals surface area (Å²) in [7, 11) is 0. The lowest BCUT2D eigenvalue weighted by atomic mass is 9.86. The smallest absolute Gasteiger partial charge is 0.311 e. The highest BCUT2D eigenvalue weighted by Crippen LogP contribution is 2.37. The average Bonchev–Trinajstić information content (AvgIpc) is 2.95. The summed E-state index contributed by atoms with van der Waals surface area (Å²) in [6.45, 7) is 0.154. The Morgan fingerprint density at radius 1 is 1.25 bits per heavy atom. The zero-order chi connectivity index (χ0) is 14.6. The Kier molecular flexibility index (Phi) is 4.39. The second-order valence-electron chi connectivity index (χ2n) is 5.40. The van der Waals surface area contributed by atoms with Crippen LogP contribution < -0.4 is 11.1 Å². The molecule has 5 heteroatoms. The molecule has 4 N–H and O–H groups in total. The summed E-state index contributed by atoms with van der Waals surface area (Å²) in [6, 6.07) is 8.30. The van der Waals surface area contributed by atoms with Crippen molar-refractivity contribution in [3.05, 3.63) is 35.9 Å². The van der Waals surface area contributed by atoms with Crippen LogP contribution in [0.2, 0.25) is 0 Å². The minimum Gasteiger partial charge on any atom is -0.481 e. The van der Waals surface area contributed by atoms with Crippen LogP contribution >= 0.6 is 0 Å². The number of carbonyl (C=O) groups excluding carboxylic acids is 1. The number of carboxylic acids is 1. The molecule has 108 valence electrons. The Labute approximate surface area is 118 Å². The van der Waals surface area contributed by atoms with E-state index >= 15 is 0 Å². The van der Waals surface area contributed by atoms with Crippen LogP contribution in [0.25, 0.3) is 0 Å². The zero-order valence-corrected chi connectivity index (χ0v) is 11.3. The molecule has 0 unspecified atom stereocenters. The standard InChI is InChI=1S/C15H20N2O3/c16-12(11-6-2-1-3-7-11)13(18)17-10-15(14(19)20)8-4-5-9-15/h1-3,6-7,12H,4-5,8-10,16H2,(H,17,18)(H,19,20)/t12-/m1/s1. The van der Waals surface area contributed by atoms with Crippen molar-refractivity contribution in [3.63, 3.8) is 0 Å². The molecule has 0 aliphatic heterocycles. The van der Waals surface area contributed by atoms with Gasteiger partial charge in [0.2, 0.25) is 5.91 Å². The molecule has 0 aromatic heterocycles. The molecular formula is C15H20N2O3. The van der Waals surface area contributed by atoms with Gasteiger partial charge >= 0.3 is 5.97 Å². The van der Waals surface area contributed by atoms with E-state index in [-0.39, 0.29) is 12.5 Å². The Hall–Kier alpha value is -1.88. The minimum atomic E-state index is -0.830. The molecule has 1 saturated carbocycles. The number of rotatable bonds is 5. The van der Waals surface area contributed by atoms with E-state index in [1.807, 2.05) is 18.2 Å². The Balaban J connectivity index is 1.96. The van der Waals surface area contributed by atoms with Crippen LogP contribution in [0.15, 0.2) is 30.3 Å². The van der Waals surface area contributed by atoms with Crippen molar-refractivity contribution < 1.29 is 14.7 Å². The van der Waals surface area contributed by atoms with Gasteiger partial charge in [0.25, 0.3) is 0 Å². The van der Waals surface area contributed by atoms with Crippen molar-refractivity contribution >= 4 is 11.9 Å². The van der Waals surface area contributed by atoms with Gasteiger partial charge in [0.05, 0.1) is 5.41 Å². The summed E-state index contributed by atoms with van der Waals surface area (Å²) in [4.78, 5) is 23.4. The third-order valence-electron chi connectivity index (χ3n) is 4.06. The van der Waals surface area contributed by atoms with E-state index in [2.05, 4.69) is 5.32 Å². The van der Waals surface area contributed by atoms with E-state index in [4.69, 9.17) is 5.73 Å². The van der Waals surface area contributed by atoms with Crippen LogP contribution in [0.3, 0.4) is 0 Å². The van der Waals surface area contributed by atoms with Gasteiger partial charge in [-0.2, -0.15) is 0 Å². The first-order valence-electron chi connectivity index (χ1n) is 6.87. The molecular weight excluding hydrogens is 256 g/mol. The summed E-state index contributed by atoms with van der Waals surface area (Å²) in [5, 5.41) is 12.0. The number of amides is 1. The van der Waals surface area contributed by atoms with Crippen LogP contribution in [0.5, 0.6) is 0 Å². The van der Waals surface area contributed by atoms with Gasteiger partial charge in [-0.15, -0.1) is 0 Å². The van der Waals surface area contributed by atoms with E-state index in [0.717, 1.165) is 18.4 Å². The van der Waals surface area contributed by atoms with Crippen LogP contribution in [-0.4, -0.2) is 23.5 Å². The number of hydrogen-bond acceptors (Lipinski definition) is 3. The summed E-state index contributed by atoms with van der Waals surface area (Å²) in [5.74, 6) is -1.16. The highest BCUT2D eigenvalue weighted by Gasteiger charge is 2.41. The fourth-order valence-electron chi connectivity index (χ4n) is 2.70. The van der Waals surface area contributed by atoms with E-state index in [1.165, 1.54) is 0 Å².